The molecule has 1 saturated heterocycles. The summed E-state index contributed by atoms with van der Waals surface area (Å²) in [5.41, 5.74) is 0. The van der Waals surface area contributed by atoms with Gasteiger partial charge in [0.05, 0.1) is 6.54 Å². The summed E-state index contributed by atoms with van der Waals surface area (Å²) in [6, 6.07) is 11.2. The molecule has 22 heavy (non-hydrogen) atoms. The Balaban J connectivity index is 1.76. The molecule has 0 saturated carbocycles. The Hall–Kier alpha value is -2.94. The van der Waals surface area contributed by atoms with Crippen molar-refractivity contribution >= 4 is 16.8 Å². The van der Waals surface area contributed by atoms with Gasteiger partial charge in [-0.25, -0.2) is 4.79 Å². The van der Waals surface area contributed by atoms with Gasteiger partial charge in [0.15, 0.2) is 11.5 Å². The fraction of sp³-hybridized carbons (Fsp3) is 0.250. The molecular formula is C16H15N3O3. The molecule has 0 spiro atoms. The number of carbonyl (C=O) groups excluding carboxylic acids is 1. The topological polar surface area (TPSA) is 74.6 Å². The molecule has 6 nitrogen and oxygen atoms in total. The molecular weight excluding hydrogens is 282 g/mol. The van der Waals surface area contributed by atoms with Crippen LogP contribution in [0.15, 0.2) is 36.4 Å². The maximum Gasteiger partial charge on any atom is 0.317 e. The van der Waals surface area contributed by atoms with Crippen molar-refractivity contribution in [1.29, 1.82) is 5.26 Å². The highest BCUT2D eigenvalue weighted by molar-refractivity contribution is 5.90. The van der Waals surface area contributed by atoms with Crippen molar-refractivity contribution in [2.24, 2.45) is 0 Å². The first-order chi connectivity index (χ1) is 10.8. The largest absolute Gasteiger partial charge is 0.488 e. The standard InChI is InChI=1S/C16H15N3O3/c17-11-22-15-13-4-2-1-3-12(13)5-6-14(15)21-10-9-19-8-7-18-16(19)20/h1-6H,7-10H2,(H,18,20). The molecule has 0 bridgehead atoms. The molecule has 0 radical (unpaired) electrons. The molecule has 2 aromatic rings. The van der Waals surface area contributed by atoms with Gasteiger partial charge in [0, 0.05) is 18.5 Å². The van der Waals surface area contributed by atoms with Gasteiger partial charge < -0.3 is 19.7 Å². The van der Waals surface area contributed by atoms with E-state index >= 15 is 0 Å². The first-order valence-corrected chi connectivity index (χ1v) is 7.03. The number of nitriles is 1. The number of urea groups is 1. The second kappa shape index (κ2) is 6.22. The van der Waals surface area contributed by atoms with Crippen LogP contribution in [-0.2, 0) is 0 Å². The van der Waals surface area contributed by atoms with Gasteiger partial charge >= 0.3 is 6.03 Å². The maximum absolute atomic E-state index is 11.5. The number of fused-ring (bicyclic) bond motifs is 1. The predicted molar refractivity (Wildman–Crippen MR) is 80.7 cm³/mol. The minimum absolute atomic E-state index is 0.0735. The normalized spacial score (nSPS) is 13.8. The molecule has 0 unspecified atom stereocenters. The molecule has 1 heterocycles. The van der Waals surface area contributed by atoms with Crippen molar-refractivity contribution < 1.29 is 14.3 Å². The summed E-state index contributed by atoms with van der Waals surface area (Å²) in [6.45, 7) is 2.18. The first kappa shape index (κ1) is 14.0. The van der Waals surface area contributed by atoms with E-state index < -0.39 is 0 Å². The van der Waals surface area contributed by atoms with E-state index in [0.717, 1.165) is 10.8 Å². The number of amides is 2. The Morgan fingerprint density at radius 3 is 2.91 bits per heavy atom. The van der Waals surface area contributed by atoms with Crippen LogP contribution in [0.5, 0.6) is 11.5 Å². The predicted octanol–water partition coefficient (Wildman–Crippen LogP) is 2.10. The number of benzene rings is 2. The molecule has 0 aliphatic carbocycles. The zero-order chi connectivity index (χ0) is 15.4. The lowest BCUT2D eigenvalue weighted by Crippen LogP contribution is -2.31. The van der Waals surface area contributed by atoms with Gasteiger partial charge in [-0.15, -0.1) is 5.26 Å². The molecule has 3 rings (SSSR count). The van der Waals surface area contributed by atoms with E-state index in [9.17, 15) is 4.79 Å². The van der Waals surface area contributed by atoms with E-state index in [1.54, 1.807) is 17.2 Å². The number of nitrogens with zero attached hydrogens (tertiary/aromatic N) is 2. The van der Waals surface area contributed by atoms with Crippen molar-refractivity contribution in [2.45, 2.75) is 0 Å². The van der Waals surface area contributed by atoms with Crippen LogP contribution in [0.4, 0.5) is 4.79 Å². The third-order valence-electron chi connectivity index (χ3n) is 3.56. The van der Waals surface area contributed by atoms with E-state index in [0.29, 0.717) is 37.7 Å². The molecule has 1 aliphatic rings. The number of hydrogen-bond donors (Lipinski definition) is 1. The quantitative estimate of drug-likeness (QED) is 0.858. The minimum Gasteiger partial charge on any atom is -0.488 e. The molecule has 112 valence electrons. The van der Waals surface area contributed by atoms with Crippen LogP contribution in [0.2, 0.25) is 0 Å². The van der Waals surface area contributed by atoms with Gasteiger partial charge in [0.2, 0.25) is 0 Å². The zero-order valence-electron chi connectivity index (χ0n) is 11.9. The Bertz CT molecular complexity index is 739. The van der Waals surface area contributed by atoms with E-state index in [1.807, 2.05) is 30.3 Å². The van der Waals surface area contributed by atoms with Gasteiger partial charge in [0.25, 0.3) is 6.26 Å². The monoisotopic (exact) mass is 297 g/mol. The van der Waals surface area contributed by atoms with Gasteiger partial charge in [-0.3, -0.25) is 0 Å². The number of hydrogen-bond acceptors (Lipinski definition) is 4. The Labute approximate surface area is 127 Å². The van der Waals surface area contributed by atoms with Gasteiger partial charge in [-0.05, 0) is 11.5 Å². The fourth-order valence-electron chi connectivity index (χ4n) is 2.48. The van der Waals surface area contributed by atoms with Crippen molar-refractivity contribution in [2.75, 3.05) is 26.2 Å². The summed E-state index contributed by atoms with van der Waals surface area (Å²) >= 11 is 0. The molecule has 2 amide bonds. The lowest BCUT2D eigenvalue weighted by Gasteiger charge is -2.16. The highest BCUT2D eigenvalue weighted by Gasteiger charge is 2.19. The van der Waals surface area contributed by atoms with Crippen molar-refractivity contribution in [3.63, 3.8) is 0 Å². The summed E-state index contributed by atoms with van der Waals surface area (Å²) in [7, 11) is 0. The van der Waals surface area contributed by atoms with Crippen LogP contribution in [0.25, 0.3) is 10.8 Å². The molecule has 1 aliphatic heterocycles. The smallest absolute Gasteiger partial charge is 0.317 e. The van der Waals surface area contributed by atoms with Crippen LogP contribution in [0, 0.1) is 11.5 Å². The third kappa shape index (κ3) is 2.74. The summed E-state index contributed by atoms with van der Waals surface area (Å²) in [5.74, 6) is 0.909. The molecule has 0 aromatic heterocycles. The van der Waals surface area contributed by atoms with Gasteiger partial charge in [-0.1, -0.05) is 30.3 Å². The number of carbonyl (C=O) groups is 1. The highest BCUT2D eigenvalue weighted by Crippen LogP contribution is 2.35. The van der Waals surface area contributed by atoms with Crippen LogP contribution in [0.3, 0.4) is 0 Å². The Morgan fingerprint density at radius 2 is 2.14 bits per heavy atom. The van der Waals surface area contributed by atoms with Crippen LogP contribution >= 0.6 is 0 Å². The van der Waals surface area contributed by atoms with Gasteiger partial charge in [0.1, 0.15) is 6.61 Å². The van der Waals surface area contributed by atoms with E-state index in [-0.39, 0.29) is 6.03 Å². The molecule has 1 N–H and O–H groups in total. The number of rotatable bonds is 5. The maximum atomic E-state index is 11.5. The summed E-state index contributed by atoms with van der Waals surface area (Å²) in [4.78, 5) is 13.1. The van der Waals surface area contributed by atoms with E-state index in [2.05, 4.69) is 5.32 Å². The molecule has 1 fully saturated rings. The Morgan fingerprint density at radius 1 is 1.27 bits per heavy atom. The summed E-state index contributed by atoms with van der Waals surface area (Å²) < 4.78 is 10.8. The lowest BCUT2D eigenvalue weighted by molar-refractivity contribution is 0.201. The first-order valence-electron chi connectivity index (χ1n) is 7.03. The highest BCUT2D eigenvalue weighted by atomic mass is 16.5. The molecule has 2 aromatic carbocycles. The van der Waals surface area contributed by atoms with Crippen molar-refractivity contribution in [3.8, 4) is 17.8 Å². The van der Waals surface area contributed by atoms with E-state index in [4.69, 9.17) is 14.7 Å². The van der Waals surface area contributed by atoms with E-state index in [1.165, 1.54) is 0 Å². The second-order valence-electron chi connectivity index (χ2n) is 4.87. The fourth-order valence-corrected chi connectivity index (χ4v) is 2.48. The summed E-state index contributed by atoms with van der Waals surface area (Å²) in [5, 5.41) is 13.4. The lowest BCUT2D eigenvalue weighted by atomic mass is 10.1. The van der Waals surface area contributed by atoms with Crippen LogP contribution in [0.1, 0.15) is 0 Å². The van der Waals surface area contributed by atoms with Crippen molar-refractivity contribution in [3.05, 3.63) is 36.4 Å². The van der Waals surface area contributed by atoms with Crippen LogP contribution in [-0.4, -0.2) is 37.2 Å². The third-order valence-corrected chi connectivity index (χ3v) is 3.56. The Kier molecular flexibility index (Phi) is 3.97. The second-order valence-corrected chi connectivity index (χ2v) is 4.87. The average Bonchev–Trinajstić information content (AvgIpc) is 2.95. The number of ether oxygens (including phenoxy) is 2. The van der Waals surface area contributed by atoms with Crippen LogP contribution < -0.4 is 14.8 Å². The van der Waals surface area contributed by atoms with Gasteiger partial charge in [-0.2, -0.15) is 0 Å². The average molecular weight is 297 g/mol. The zero-order valence-corrected chi connectivity index (χ0v) is 11.9. The van der Waals surface area contributed by atoms with Crippen molar-refractivity contribution in [1.82, 2.24) is 10.2 Å². The summed E-state index contributed by atoms with van der Waals surface area (Å²) in [6.07, 6.45) is 1.70. The number of nitrogens with one attached hydrogen (secondary N) is 1. The molecule has 6 heteroatoms. The minimum atomic E-state index is -0.0735. The SMILES string of the molecule is N#COc1c(OCCN2CCNC2=O)ccc2ccccc12. The molecule has 0 atom stereocenters.